The Balaban J connectivity index is 1.65. The van der Waals surface area contributed by atoms with E-state index in [0.717, 1.165) is 16.7 Å². The number of hydrogen-bond acceptors (Lipinski definition) is 3. The Morgan fingerprint density at radius 1 is 0.667 bits per heavy atom. The largest absolute Gasteiger partial charge is 0.334 e. The van der Waals surface area contributed by atoms with Gasteiger partial charge in [-0.2, -0.15) is 4.98 Å². The fourth-order valence-electron chi connectivity index (χ4n) is 2.71. The van der Waals surface area contributed by atoms with Crippen LogP contribution in [-0.4, -0.2) is 10.1 Å². The number of benzene rings is 3. The number of aromatic nitrogens is 2. The van der Waals surface area contributed by atoms with Gasteiger partial charge in [-0.3, -0.25) is 0 Å². The van der Waals surface area contributed by atoms with Crippen LogP contribution in [0.4, 0.5) is 0 Å². The molecule has 3 nitrogen and oxygen atoms in total. The molecule has 0 aliphatic carbocycles. The van der Waals surface area contributed by atoms with E-state index >= 15 is 0 Å². The zero-order chi connectivity index (χ0) is 16.4. The Morgan fingerprint density at radius 3 is 2.04 bits per heavy atom. The van der Waals surface area contributed by atoms with Gasteiger partial charge in [-0.25, -0.2) is 0 Å². The topological polar surface area (TPSA) is 38.9 Å². The molecular formula is C21H16N2O. The monoisotopic (exact) mass is 312 g/mol. The average Bonchev–Trinajstić information content (AvgIpc) is 3.13. The lowest BCUT2D eigenvalue weighted by atomic mass is 10.0. The average molecular weight is 312 g/mol. The summed E-state index contributed by atoms with van der Waals surface area (Å²) in [5.41, 5.74) is 5.39. The molecule has 0 fully saturated rings. The highest BCUT2D eigenvalue weighted by molar-refractivity contribution is 5.68. The predicted octanol–water partition coefficient (Wildman–Crippen LogP) is 5.38. The lowest BCUT2D eigenvalue weighted by Crippen LogP contribution is -1.84. The van der Waals surface area contributed by atoms with Crippen molar-refractivity contribution in [2.24, 2.45) is 0 Å². The lowest BCUT2D eigenvalue weighted by Gasteiger charge is -2.02. The van der Waals surface area contributed by atoms with Crippen molar-refractivity contribution in [3.05, 3.63) is 84.4 Å². The lowest BCUT2D eigenvalue weighted by molar-refractivity contribution is 0.432. The molecule has 4 aromatic rings. The third-order valence-electron chi connectivity index (χ3n) is 4.05. The van der Waals surface area contributed by atoms with Crippen molar-refractivity contribution >= 4 is 0 Å². The second-order valence-corrected chi connectivity index (χ2v) is 5.68. The Morgan fingerprint density at radius 2 is 1.29 bits per heavy atom. The number of rotatable bonds is 3. The van der Waals surface area contributed by atoms with E-state index in [1.807, 2.05) is 61.5 Å². The molecule has 24 heavy (non-hydrogen) atoms. The van der Waals surface area contributed by atoms with Crippen molar-refractivity contribution in [1.82, 2.24) is 10.1 Å². The highest BCUT2D eigenvalue weighted by atomic mass is 16.5. The molecular weight excluding hydrogens is 296 g/mol. The first-order chi connectivity index (χ1) is 11.8. The molecule has 0 saturated heterocycles. The Labute approximate surface area is 140 Å². The zero-order valence-corrected chi connectivity index (χ0v) is 13.3. The van der Waals surface area contributed by atoms with Crippen LogP contribution in [0.25, 0.3) is 34.0 Å². The normalized spacial score (nSPS) is 10.7. The van der Waals surface area contributed by atoms with Gasteiger partial charge in [0.2, 0.25) is 5.82 Å². The number of nitrogens with zero attached hydrogens (tertiary/aromatic N) is 2. The van der Waals surface area contributed by atoms with E-state index in [2.05, 4.69) is 34.4 Å². The molecule has 0 bridgehead atoms. The van der Waals surface area contributed by atoms with Crippen LogP contribution in [-0.2, 0) is 0 Å². The molecule has 3 heteroatoms. The van der Waals surface area contributed by atoms with Gasteiger partial charge in [0.1, 0.15) is 0 Å². The zero-order valence-electron chi connectivity index (χ0n) is 13.3. The van der Waals surface area contributed by atoms with Crippen molar-refractivity contribution in [2.75, 3.05) is 0 Å². The van der Waals surface area contributed by atoms with Gasteiger partial charge in [0, 0.05) is 11.1 Å². The van der Waals surface area contributed by atoms with Crippen LogP contribution < -0.4 is 0 Å². The highest BCUT2D eigenvalue weighted by Crippen LogP contribution is 2.26. The van der Waals surface area contributed by atoms with Crippen molar-refractivity contribution in [1.29, 1.82) is 0 Å². The fourth-order valence-corrected chi connectivity index (χ4v) is 2.71. The number of hydrogen-bond donors (Lipinski definition) is 0. The van der Waals surface area contributed by atoms with Gasteiger partial charge in [-0.15, -0.1) is 0 Å². The first kappa shape index (κ1) is 14.4. The van der Waals surface area contributed by atoms with Gasteiger partial charge in [0.05, 0.1) is 0 Å². The fraction of sp³-hybridized carbons (Fsp3) is 0.0476. The van der Waals surface area contributed by atoms with Gasteiger partial charge >= 0.3 is 0 Å². The highest BCUT2D eigenvalue weighted by Gasteiger charge is 2.12. The molecule has 0 saturated carbocycles. The summed E-state index contributed by atoms with van der Waals surface area (Å²) in [6.45, 7) is 2.04. The smallest absolute Gasteiger partial charge is 0.258 e. The van der Waals surface area contributed by atoms with E-state index in [9.17, 15) is 0 Å². The Bertz CT molecular complexity index is 957. The molecule has 0 amide bonds. The van der Waals surface area contributed by atoms with E-state index in [4.69, 9.17) is 4.52 Å². The van der Waals surface area contributed by atoms with Crippen LogP contribution in [0.5, 0.6) is 0 Å². The summed E-state index contributed by atoms with van der Waals surface area (Å²) in [7, 11) is 0. The SMILES string of the molecule is Cc1ccccc1-c1nc(-c2ccc(-c3ccccc3)cc2)no1. The summed E-state index contributed by atoms with van der Waals surface area (Å²) in [5, 5.41) is 4.12. The van der Waals surface area contributed by atoms with Crippen molar-refractivity contribution in [2.45, 2.75) is 6.92 Å². The molecule has 0 atom stereocenters. The minimum Gasteiger partial charge on any atom is -0.334 e. The third kappa shape index (κ3) is 2.72. The van der Waals surface area contributed by atoms with Gasteiger partial charge < -0.3 is 4.52 Å². The quantitative estimate of drug-likeness (QED) is 0.510. The molecule has 0 spiro atoms. The van der Waals surface area contributed by atoms with E-state index in [0.29, 0.717) is 11.7 Å². The Hall–Kier alpha value is -3.20. The molecule has 0 unspecified atom stereocenters. The van der Waals surface area contributed by atoms with Crippen LogP contribution in [0.3, 0.4) is 0 Å². The van der Waals surface area contributed by atoms with Crippen LogP contribution >= 0.6 is 0 Å². The van der Waals surface area contributed by atoms with Gasteiger partial charge in [0.25, 0.3) is 5.89 Å². The molecule has 1 heterocycles. The maximum absolute atomic E-state index is 5.44. The maximum atomic E-state index is 5.44. The third-order valence-corrected chi connectivity index (χ3v) is 4.05. The second kappa shape index (κ2) is 6.13. The molecule has 4 rings (SSSR count). The van der Waals surface area contributed by atoms with Crippen LogP contribution in [0.1, 0.15) is 5.56 Å². The Kier molecular flexibility index (Phi) is 3.67. The number of aryl methyl sites for hydroxylation is 1. The second-order valence-electron chi connectivity index (χ2n) is 5.68. The first-order valence-electron chi connectivity index (χ1n) is 7.87. The molecule has 116 valence electrons. The van der Waals surface area contributed by atoms with Crippen molar-refractivity contribution in [3.63, 3.8) is 0 Å². The van der Waals surface area contributed by atoms with Crippen LogP contribution in [0.2, 0.25) is 0 Å². The summed E-state index contributed by atoms with van der Waals surface area (Å²) in [6.07, 6.45) is 0. The summed E-state index contributed by atoms with van der Waals surface area (Å²) < 4.78 is 5.44. The molecule has 0 N–H and O–H groups in total. The first-order valence-corrected chi connectivity index (χ1v) is 7.87. The van der Waals surface area contributed by atoms with E-state index < -0.39 is 0 Å². The van der Waals surface area contributed by atoms with E-state index in [1.165, 1.54) is 11.1 Å². The van der Waals surface area contributed by atoms with E-state index in [1.54, 1.807) is 0 Å². The summed E-state index contributed by atoms with van der Waals surface area (Å²) in [4.78, 5) is 4.54. The van der Waals surface area contributed by atoms with Crippen LogP contribution in [0.15, 0.2) is 83.4 Å². The minimum atomic E-state index is 0.551. The molecule has 0 aliphatic heterocycles. The standard InChI is InChI=1S/C21H16N2O/c1-15-7-5-6-10-19(15)21-22-20(23-24-21)18-13-11-17(12-14-18)16-8-3-2-4-9-16/h2-14H,1H3. The van der Waals surface area contributed by atoms with Gasteiger partial charge in [-0.05, 0) is 29.7 Å². The predicted molar refractivity (Wildman–Crippen MR) is 95.3 cm³/mol. The summed E-state index contributed by atoms with van der Waals surface area (Å²) >= 11 is 0. The maximum Gasteiger partial charge on any atom is 0.258 e. The van der Waals surface area contributed by atoms with E-state index in [-0.39, 0.29) is 0 Å². The van der Waals surface area contributed by atoms with Crippen LogP contribution in [0, 0.1) is 6.92 Å². The summed E-state index contributed by atoms with van der Waals surface area (Å²) in [5.74, 6) is 1.16. The molecule has 3 aromatic carbocycles. The molecule has 1 aromatic heterocycles. The molecule has 0 aliphatic rings. The molecule has 0 radical (unpaired) electrons. The van der Waals surface area contributed by atoms with Crippen molar-refractivity contribution < 1.29 is 4.52 Å². The summed E-state index contributed by atoms with van der Waals surface area (Å²) in [6, 6.07) is 26.5. The van der Waals surface area contributed by atoms with Gasteiger partial charge in [-0.1, -0.05) is 78.0 Å². The minimum absolute atomic E-state index is 0.551. The van der Waals surface area contributed by atoms with Crippen molar-refractivity contribution in [3.8, 4) is 34.0 Å². The van der Waals surface area contributed by atoms with Gasteiger partial charge in [0.15, 0.2) is 0 Å².